The molecule has 0 aliphatic rings. The van der Waals surface area contributed by atoms with Crippen LogP contribution in [0.2, 0.25) is 0 Å². The molecule has 0 radical (unpaired) electrons. The van der Waals surface area contributed by atoms with Crippen LogP contribution in [0.5, 0.6) is 0 Å². The fourth-order valence-corrected chi connectivity index (χ4v) is 5.96. The van der Waals surface area contributed by atoms with Gasteiger partial charge in [-0.1, -0.05) is 103 Å². The second-order valence-corrected chi connectivity index (χ2v) is 10.2. The van der Waals surface area contributed by atoms with Crippen LogP contribution in [0.4, 0.5) is 17.1 Å². The molecule has 0 saturated carbocycles. The van der Waals surface area contributed by atoms with E-state index in [4.69, 9.17) is 4.42 Å². The van der Waals surface area contributed by atoms with E-state index in [1.807, 2.05) is 12.1 Å². The van der Waals surface area contributed by atoms with Crippen molar-refractivity contribution in [2.75, 3.05) is 4.90 Å². The molecule has 8 rings (SSSR count). The van der Waals surface area contributed by atoms with Gasteiger partial charge >= 0.3 is 0 Å². The number of hydrogen-bond acceptors (Lipinski definition) is 2. The molecular formula is C38H25NO. The maximum atomic E-state index is 6.11. The van der Waals surface area contributed by atoms with Crippen LogP contribution in [0.15, 0.2) is 156 Å². The minimum atomic E-state index is 0.900. The van der Waals surface area contributed by atoms with Crippen LogP contribution < -0.4 is 4.90 Å². The first-order valence-electron chi connectivity index (χ1n) is 13.6. The van der Waals surface area contributed by atoms with Crippen molar-refractivity contribution in [3.63, 3.8) is 0 Å². The average molecular weight is 512 g/mol. The van der Waals surface area contributed by atoms with Gasteiger partial charge in [0.05, 0.1) is 0 Å². The van der Waals surface area contributed by atoms with Crippen molar-refractivity contribution in [1.29, 1.82) is 0 Å². The lowest BCUT2D eigenvalue weighted by Gasteiger charge is -2.25. The van der Waals surface area contributed by atoms with Gasteiger partial charge in [0.1, 0.15) is 11.2 Å². The first kappa shape index (κ1) is 22.6. The normalized spacial score (nSPS) is 11.5. The van der Waals surface area contributed by atoms with Crippen LogP contribution in [0.3, 0.4) is 0 Å². The van der Waals surface area contributed by atoms with Gasteiger partial charge in [0, 0.05) is 27.8 Å². The van der Waals surface area contributed by atoms with Gasteiger partial charge in [-0.25, -0.2) is 0 Å². The molecule has 0 aliphatic carbocycles. The molecule has 0 saturated heterocycles. The Bertz CT molecular complexity index is 2160. The second kappa shape index (κ2) is 9.14. The van der Waals surface area contributed by atoms with Crippen LogP contribution in [0.25, 0.3) is 54.6 Å². The summed E-state index contributed by atoms with van der Waals surface area (Å²) in [6.45, 7) is 0. The highest BCUT2D eigenvalue weighted by atomic mass is 16.3. The summed E-state index contributed by atoms with van der Waals surface area (Å²) in [4.78, 5) is 2.31. The summed E-state index contributed by atoms with van der Waals surface area (Å²) < 4.78 is 6.11. The molecule has 2 heteroatoms. The van der Waals surface area contributed by atoms with E-state index >= 15 is 0 Å². The van der Waals surface area contributed by atoms with E-state index in [0.29, 0.717) is 0 Å². The fourth-order valence-electron chi connectivity index (χ4n) is 5.96. The van der Waals surface area contributed by atoms with Gasteiger partial charge in [-0.05, 0) is 81.2 Å². The Hall–Kier alpha value is -5.34. The molecule has 0 amide bonds. The summed E-state index contributed by atoms with van der Waals surface area (Å²) in [5.74, 6) is 0. The third kappa shape index (κ3) is 3.65. The van der Waals surface area contributed by atoms with E-state index in [1.165, 1.54) is 32.7 Å². The van der Waals surface area contributed by atoms with Gasteiger partial charge in [0.15, 0.2) is 0 Å². The quantitative estimate of drug-likeness (QED) is 0.218. The first-order valence-corrected chi connectivity index (χ1v) is 13.6. The van der Waals surface area contributed by atoms with Crippen molar-refractivity contribution >= 4 is 60.5 Å². The zero-order valence-electron chi connectivity index (χ0n) is 21.8. The Morgan fingerprint density at radius 1 is 0.375 bits per heavy atom. The summed E-state index contributed by atoms with van der Waals surface area (Å²) in [5, 5.41) is 7.36. The third-order valence-electron chi connectivity index (χ3n) is 7.86. The molecule has 0 atom stereocenters. The molecule has 0 fully saturated rings. The van der Waals surface area contributed by atoms with Crippen LogP contribution >= 0.6 is 0 Å². The summed E-state index contributed by atoms with van der Waals surface area (Å²) in [6, 6.07) is 53.8. The number of furan rings is 1. The highest BCUT2D eigenvalue weighted by Gasteiger charge is 2.16. The second-order valence-electron chi connectivity index (χ2n) is 10.2. The van der Waals surface area contributed by atoms with Gasteiger partial charge < -0.3 is 9.32 Å². The van der Waals surface area contributed by atoms with E-state index in [-0.39, 0.29) is 0 Å². The predicted molar refractivity (Wildman–Crippen MR) is 169 cm³/mol. The molecular weight excluding hydrogens is 486 g/mol. The highest BCUT2D eigenvalue weighted by Crippen LogP contribution is 2.40. The van der Waals surface area contributed by atoms with Gasteiger partial charge in [-0.15, -0.1) is 0 Å². The average Bonchev–Trinajstić information content (AvgIpc) is 3.40. The van der Waals surface area contributed by atoms with Gasteiger partial charge in [0.25, 0.3) is 0 Å². The molecule has 7 aromatic carbocycles. The number of nitrogens with zero attached hydrogens (tertiary/aromatic N) is 1. The van der Waals surface area contributed by atoms with E-state index in [9.17, 15) is 0 Å². The molecule has 2 nitrogen and oxygen atoms in total. The van der Waals surface area contributed by atoms with Crippen molar-refractivity contribution in [2.45, 2.75) is 0 Å². The summed E-state index contributed by atoms with van der Waals surface area (Å²) in [7, 11) is 0. The van der Waals surface area contributed by atoms with Crippen molar-refractivity contribution < 1.29 is 4.42 Å². The Balaban J connectivity index is 1.26. The number of fused-ring (bicyclic) bond motifs is 6. The van der Waals surface area contributed by atoms with Crippen LogP contribution in [-0.4, -0.2) is 0 Å². The smallest absolute Gasteiger partial charge is 0.135 e. The maximum absolute atomic E-state index is 6.11. The van der Waals surface area contributed by atoms with Crippen molar-refractivity contribution in [2.24, 2.45) is 0 Å². The lowest BCUT2D eigenvalue weighted by atomic mass is 9.94. The maximum Gasteiger partial charge on any atom is 0.135 e. The van der Waals surface area contributed by atoms with Gasteiger partial charge in [-0.2, -0.15) is 0 Å². The van der Waals surface area contributed by atoms with Crippen LogP contribution in [0.1, 0.15) is 0 Å². The number of rotatable bonds is 4. The van der Waals surface area contributed by atoms with E-state index in [2.05, 4.69) is 144 Å². The van der Waals surface area contributed by atoms with Crippen molar-refractivity contribution in [3.05, 3.63) is 152 Å². The van der Waals surface area contributed by atoms with Gasteiger partial charge in [0.2, 0.25) is 0 Å². The number of hydrogen-bond donors (Lipinski definition) is 0. The molecule has 0 spiro atoms. The van der Waals surface area contributed by atoms with Crippen LogP contribution in [-0.2, 0) is 0 Å². The molecule has 1 heterocycles. The Labute approximate surface area is 232 Å². The molecule has 0 aliphatic heterocycles. The molecule has 0 unspecified atom stereocenters. The standard InChI is InChI=1S/C38H25NO/c1-2-10-28(11-3-1)39(30-22-24-38-36(25-30)35-13-6-7-16-37(35)40-38)29-20-17-27(18-21-29)32-14-8-15-33-31-12-5-4-9-26(31)19-23-34(32)33/h1-25H. The summed E-state index contributed by atoms with van der Waals surface area (Å²) in [5.41, 5.74) is 7.56. The number of benzene rings is 7. The zero-order chi connectivity index (χ0) is 26.5. The fraction of sp³-hybridized carbons (Fsp3) is 0. The van der Waals surface area contributed by atoms with Crippen LogP contribution in [0, 0.1) is 0 Å². The minimum Gasteiger partial charge on any atom is -0.456 e. The Morgan fingerprint density at radius 3 is 1.93 bits per heavy atom. The Kier molecular flexibility index (Phi) is 5.17. The molecule has 40 heavy (non-hydrogen) atoms. The van der Waals surface area contributed by atoms with E-state index in [0.717, 1.165) is 39.0 Å². The predicted octanol–water partition coefficient (Wildman–Crippen LogP) is 11.0. The third-order valence-corrected chi connectivity index (χ3v) is 7.86. The lowest BCUT2D eigenvalue weighted by Crippen LogP contribution is -2.09. The largest absolute Gasteiger partial charge is 0.456 e. The highest BCUT2D eigenvalue weighted by molar-refractivity contribution is 6.12. The van der Waals surface area contributed by atoms with E-state index < -0.39 is 0 Å². The Morgan fingerprint density at radius 2 is 1.05 bits per heavy atom. The molecule has 8 aromatic rings. The summed E-state index contributed by atoms with van der Waals surface area (Å²) in [6.07, 6.45) is 0. The summed E-state index contributed by atoms with van der Waals surface area (Å²) >= 11 is 0. The topological polar surface area (TPSA) is 16.4 Å². The van der Waals surface area contributed by atoms with Crippen molar-refractivity contribution in [1.82, 2.24) is 0 Å². The van der Waals surface area contributed by atoms with Gasteiger partial charge in [-0.3, -0.25) is 0 Å². The first-order chi connectivity index (χ1) is 19.8. The molecule has 188 valence electrons. The number of anilines is 3. The van der Waals surface area contributed by atoms with E-state index in [1.54, 1.807) is 0 Å². The molecule has 0 bridgehead atoms. The lowest BCUT2D eigenvalue weighted by molar-refractivity contribution is 0.669. The van der Waals surface area contributed by atoms with Crippen molar-refractivity contribution in [3.8, 4) is 11.1 Å². The monoisotopic (exact) mass is 511 g/mol. The zero-order valence-corrected chi connectivity index (χ0v) is 21.8. The SMILES string of the molecule is c1ccc(N(c2ccc(-c3cccc4c3ccc3ccccc34)cc2)c2ccc3oc4ccccc4c3c2)cc1. The molecule has 1 aromatic heterocycles. The molecule has 0 N–H and O–H groups in total. The number of para-hydroxylation sites is 2. The minimum absolute atomic E-state index is 0.900.